The zero-order valence-corrected chi connectivity index (χ0v) is 18.5. The Bertz CT molecular complexity index is 963. The van der Waals surface area contributed by atoms with Crippen LogP contribution in [-0.4, -0.2) is 32.0 Å². The minimum absolute atomic E-state index is 0.107. The third-order valence-corrected chi connectivity index (χ3v) is 6.08. The highest BCUT2D eigenvalue weighted by Gasteiger charge is 2.23. The molecule has 6 nitrogen and oxygen atoms in total. The van der Waals surface area contributed by atoms with E-state index in [4.69, 9.17) is 28.6 Å². The fourth-order valence-corrected chi connectivity index (χ4v) is 4.30. The fourth-order valence-electron chi connectivity index (χ4n) is 2.57. The standard InChI is InChI=1S/C20H23ClN2O4S2/c1-3-6-18(23-29(25,26)17-11-9-15(21)10-12-17)19(28)22-16-8-5-7-14(13-16)20(24)27-4-2/h5,7-13,18,23H,3-4,6H2,1-2H3,(H,22,28). The Hall–Kier alpha value is -2.00. The molecular formula is C20H23ClN2O4S2. The predicted octanol–water partition coefficient (Wildman–Crippen LogP) is 4.40. The number of thiocarbonyl (C=S) groups is 1. The van der Waals surface area contributed by atoms with Crippen LogP contribution >= 0.6 is 23.8 Å². The van der Waals surface area contributed by atoms with Crippen LogP contribution in [0.5, 0.6) is 0 Å². The molecule has 0 spiro atoms. The maximum Gasteiger partial charge on any atom is 0.338 e. The Labute approximate surface area is 181 Å². The lowest BCUT2D eigenvalue weighted by molar-refractivity contribution is 0.0526. The smallest absolute Gasteiger partial charge is 0.338 e. The third-order valence-electron chi connectivity index (χ3n) is 3.96. The van der Waals surface area contributed by atoms with Crippen molar-refractivity contribution in [2.24, 2.45) is 0 Å². The van der Waals surface area contributed by atoms with Crippen LogP contribution in [0, 0.1) is 0 Å². The van der Waals surface area contributed by atoms with Gasteiger partial charge in [-0.15, -0.1) is 0 Å². The van der Waals surface area contributed by atoms with Gasteiger partial charge in [0, 0.05) is 10.7 Å². The first-order valence-electron chi connectivity index (χ1n) is 9.12. The third kappa shape index (κ3) is 6.78. The lowest BCUT2D eigenvalue weighted by atomic mass is 10.1. The molecule has 2 N–H and O–H groups in total. The number of carbonyl (C=O) groups excluding carboxylic acids is 1. The monoisotopic (exact) mass is 454 g/mol. The van der Waals surface area contributed by atoms with Crippen LogP contribution in [0.1, 0.15) is 37.0 Å². The Kier molecular flexibility index (Phi) is 8.58. The largest absolute Gasteiger partial charge is 0.462 e. The van der Waals surface area contributed by atoms with Crippen LogP contribution in [0.25, 0.3) is 0 Å². The quantitative estimate of drug-likeness (QED) is 0.431. The number of sulfonamides is 1. The molecule has 0 bridgehead atoms. The van der Waals surface area contributed by atoms with Gasteiger partial charge in [0.1, 0.15) is 0 Å². The molecule has 1 atom stereocenters. The average molecular weight is 455 g/mol. The summed E-state index contributed by atoms with van der Waals surface area (Å²) in [6, 6.07) is 12.0. The molecule has 29 heavy (non-hydrogen) atoms. The van der Waals surface area contributed by atoms with Crippen LogP contribution in [0.15, 0.2) is 53.4 Å². The number of hydrogen-bond acceptors (Lipinski definition) is 5. The number of carbonyl (C=O) groups is 1. The van der Waals surface area contributed by atoms with Gasteiger partial charge in [-0.3, -0.25) is 0 Å². The molecule has 156 valence electrons. The summed E-state index contributed by atoms with van der Waals surface area (Å²) in [5.41, 5.74) is 0.959. The highest BCUT2D eigenvalue weighted by Crippen LogP contribution is 2.17. The molecule has 0 radical (unpaired) electrons. The van der Waals surface area contributed by atoms with Gasteiger partial charge >= 0.3 is 5.97 Å². The van der Waals surface area contributed by atoms with E-state index in [9.17, 15) is 13.2 Å². The summed E-state index contributed by atoms with van der Waals surface area (Å²) < 4.78 is 33.0. The summed E-state index contributed by atoms with van der Waals surface area (Å²) in [4.78, 5) is 12.3. The summed E-state index contributed by atoms with van der Waals surface area (Å²) in [6.07, 6.45) is 1.23. The lowest BCUT2D eigenvalue weighted by Crippen LogP contribution is -2.42. The van der Waals surface area contributed by atoms with Gasteiger partial charge in [0.05, 0.1) is 28.1 Å². The number of nitrogens with one attached hydrogen (secondary N) is 2. The zero-order valence-electron chi connectivity index (χ0n) is 16.1. The minimum Gasteiger partial charge on any atom is -0.462 e. The number of esters is 1. The Morgan fingerprint density at radius 3 is 2.48 bits per heavy atom. The van der Waals surface area contributed by atoms with Crippen molar-refractivity contribution < 1.29 is 17.9 Å². The molecule has 0 aromatic heterocycles. The Morgan fingerprint density at radius 2 is 1.86 bits per heavy atom. The van der Waals surface area contributed by atoms with Crippen LogP contribution in [0.4, 0.5) is 5.69 Å². The highest BCUT2D eigenvalue weighted by molar-refractivity contribution is 7.89. The van der Waals surface area contributed by atoms with Gasteiger partial charge in [0.25, 0.3) is 0 Å². The van der Waals surface area contributed by atoms with E-state index in [1.54, 1.807) is 31.2 Å². The van der Waals surface area contributed by atoms with E-state index in [1.165, 1.54) is 24.3 Å². The maximum atomic E-state index is 12.7. The molecule has 0 fully saturated rings. The maximum absolute atomic E-state index is 12.7. The van der Waals surface area contributed by atoms with Gasteiger partial charge < -0.3 is 10.1 Å². The van der Waals surface area contributed by atoms with Crippen molar-refractivity contribution in [1.29, 1.82) is 0 Å². The second kappa shape index (κ2) is 10.7. The second-order valence-corrected chi connectivity index (χ2v) is 8.80. The molecule has 0 aliphatic rings. The van der Waals surface area contributed by atoms with Crippen molar-refractivity contribution in [2.75, 3.05) is 11.9 Å². The second-order valence-electron chi connectivity index (χ2n) is 6.21. The molecule has 1 unspecified atom stereocenters. The Balaban J connectivity index is 2.16. The van der Waals surface area contributed by atoms with Gasteiger partial charge in [-0.2, -0.15) is 0 Å². The summed E-state index contributed by atoms with van der Waals surface area (Å²) in [6.45, 7) is 3.95. The van der Waals surface area contributed by atoms with E-state index in [1.807, 2.05) is 6.92 Å². The first-order valence-corrected chi connectivity index (χ1v) is 11.4. The predicted molar refractivity (Wildman–Crippen MR) is 119 cm³/mol. The van der Waals surface area contributed by atoms with E-state index in [0.717, 1.165) is 6.42 Å². The SMILES string of the molecule is CCCC(NS(=O)(=O)c1ccc(Cl)cc1)C(=S)Nc1cccc(C(=O)OCC)c1. The van der Waals surface area contributed by atoms with Crippen molar-refractivity contribution in [2.45, 2.75) is 37.6 Å². The van der Waals surface area contributed by atoms with E-state index >= 15 is 0 Å². The molecular weight excluding hydrogens is 432 g/mol. The van der Waals surface area contributed by atoms with Gasteiger partial charge in [-0.1, -0.05) is 43.2 Å². The summed E-state index contributed by atoms with van der Waals surface area (Å²) in [7, 11) is -3.77. The number of halogens is 1. The van der Waals surface area contributed by atoms with Crippen molar-refractivity contribution in [3.63, 3.8) is 0 Å². The molecule has 0 aliphatic heterocycles. The van der Waals surface area contributed by atoms with Crippen molar-refractivity contribution >= 4 is 50.5 Å². The van der Waals surface area contributed by atoms with Gasteiger partial charge in [-0.05, 0) is 55.8 Å². The summed E-state index contributed by atoms with van der Waals surface area (Å²) in [5, 5.41) is 3.47. The van der Waals surface area contributed by atoms with Crippen molar-refractivity contribution in [1.82, 2.24) is 4.72 Å². The molecule has 0 saturated carbocycles. The molecule has 0 heterocycles. The highest BCUT2D eigenvalue weighted by atomic mass is 35.5. The summed E-state index contributed by atoms with van der Waals surface area (Å²) >= 11 is 11.3. The van der Waals surface area contributed by atoms with E-state index in [2.05, 4.69) is 10.0 Å². The van der Waals surface area contributed by atoms with Crippen molar-refractivity contribution in [3.8, 4) is 0 Å². The van der Waals surface area contributed by atoms with Crippen molar-refractivity contribution in [3.05, 3.63) is 59.1 Å². The Morgan fingerprint density at radius 1 is 1.17 bits per heavy atom. The van der Waals surface area contributed by atoms with Crippen LogP contribution in [-0.2, 0) is 14.8 Å². The average Bonchev–Trinajstić information content (AvgIpc) is 2.68. The first-order chi connectivity index (χ1) is 13.8. The van der Waals surface area contributed by atoms with Gasteiger partial charge in [-0.25, -0.2) is 17.9 Å². The lowest BCUT2D eigenvalue weighted by Gasteiger charge is -2.21. The fraction of sp³-hybridized carbons (Fsp3) is 0.300. The van der Waals surface area contributed by atoms with Gasteiger partial charge in [0.15, 0.2) is 0 Å². The van der Waals surface area contributed by atoms with Crippen LogP contribution in [0.2, 0.25) is 5.02 Å². The first kappa shape index (κ1) is 23.3. The molecule has 9 heteroatoms. The van der Waals surface area contributed by atoms with E-state index in [0.29, 0.717) is 27.7 Å². The zero-order chi connectivity index (χ0) is 21.4. The number of ether oxygens (including phenoxy) is 1. The number of anilines is 1. The van der Waals surface area contributed by atoms with E-state index in [-0.39, 0.29) is 11.5 Å². The molecule has 2 aromatic carbocycles. The molecule has 0 saturated heterocycles. The minimum atomic E-state index is -3.77. The normalized spacial score (nSPS) is 12.2. The number of benzene rings is 2. The van der Waals surface area contributed by atoms with Crippen LogP contribution < -0.4 is 10.0 Å². The number of hydrogen-bond donors (Lipinski definition) is 2. The molecule has 0 amide bonds. The van der Waals surface area contributed by atoms with Crippen LogP contribution in [0.3, 0.4) is 0 Å². The topological polar surface area (TPSA) is 84.5 Å². The molecule has 0 aliphatic carbocycles. The van der Waals surface area contributed by atoms with Gasteiger partial charge in [0.2, 0.25) is 10.0 Å². The van der Waals surface area contributed by atoms with E-state index < -0.39 is 22.0 Å². The molecule has 2 rings (SSSR count). The summed E-state index contributed by atoms with van der Waals surface area (Å²) in [5.74, 6) is -0.435. The number of rotatable bonds is 9. The molecule has 2 aromatic rings.